The summed E-state index contributed by atoms with van der Waals surface area (Å²) in [5.74, 6) is -0.117. The first-order valence-corrected chi connectivity index (χ1v) is 7.90. The summed E-state index contributed by atoms with van der Waals surface area (Å²) in [6, 6.07) is 7.31. The van der Waals surface area contributed by atoms with Gasteiger partial charge in [-0.2, -0.15) is 0 Å². The van der Waals surface area contributed by atoms with Gasteiger partial charge in [-0.25, -0.2) is 4.79 Å². The molecule has 24 heavy (non-hydrogen) atoms. The Labute approximate surface area is 142 Å². The second kappa shape index (κ2) is 8.49. The number of carbonyl (C=O) groups is 2. The number of nitrogens with zero attached hydrogens (tertiary/aromatic N) is 1. The van der Waals surface area contributed by atoms with Crippen LogP contribution in [-0.2, 0) is 19.1 Å². The summed E-state index contributed by atoms with van der Waals surface area (Å²) in [7, 11) is 1.56. The van der Waals surface area contributed by atoms with Gasteiger partial charge < -0.3 is 19.1 Å². The van der Waals surface area contributed by atoms with Crippen molar-refractivity contribution in [2.45, 2.75) is 26.1 Å². The lowest BCUT2D eigenvalue weighted by Crippen LogP contribution is -2.49. The predicted molar refractivity (Wildman–Crippen MR) is 89.6 cm³/mol. The maximum Gasteiger partial charge on any atom is 0.331 e. The molecule has 2 atom stereocenters. The van der Waals surface area contributed by atoms with Crippen molar-refractivity contribution >= 4 is 18.0 Å². The van der Waals surface area contributed by atoms with Gasteiger partial charge in [0.05, 0.1) is 19.3 Å². The molecule has 1 saturated heterocycles. The molecule has 6 nitrogen and oxygen atoms in total. The lowest BCUT2D eigenvalue weighted by atomic mass is 10.2. The Bertz CT molecular complexity index is 603. The molecule has 0 aliphatic carbocycles. The van der Waals surface area contributed by atoms with E-state index in [1.807, 2.05) is 32.0 Å². The van der Waals surface area contributed by atoms with Crippen LogP contribution in [0, 0.1) is 0 Å². The van der Waals surface area contributed by atoms with Gasteiger partial charge in [0, 0.05) is 24.7 Å². The molecule has 2 rings (SSSR count). The zero-order valence-electron chi connectivity index (χ0n) is 14.2. The molecular weight excluding hydrogens is 310 g/mol. The number of hydrogen-bond donors (Lipinski definition) is 0. The first-order chi connectivity index (χ1) is 11.5. The van der Waals surface area contributed by atoms with Gasteiger partial charge in [-0.15, -0.1) is 0 Å². The number of ether oxygens (including phenoxy) is 3. The molecule has 1 aliphatic heterocycles. The van der Waals surface area contributed by atoms with Crippen LogP contribution in [0.3, 0.4) is 0 Å². The number of benzene rings is 1. The van der Waals surface area contributed by atoms with Crippen LogP contribution in [-0.4, -0.2) is 55.8 Å². The van der Waals surface area contributed by atoms with E-state index in [2.05, 4.69) is 0 Å². The van der Waals surface area contributed by atoms with Crippen molar-refractivity contribution in [1.29, 1.82) is 0 Å². The minimum Gasteiger partial charge on any atom is -0.496 e. The SMILES string of the molecule is COc1ccccc1/C=C/C(=O)OCC(=O)N1C[C@@H](C)O[C@H](C)C1. The highest BCUT2D eigenvalue weighted by molar-refractivity contribution is 5.89. The third-order valence-electron chi connectivity index (χ3n) is 3.65. The standard InChI is InChI=1S/C18H23NO5/c1-13-10-19(11-14(2)24-13)17(20)12-23-18(21)9-8-15-6-4-5-7-16(15)22-3/h4-9,13-14H,10-12H2,1-3H3/b9-8+/t13-,14-/m1/s1. The number of para-hydroxylation sites is 1. The zero-order valence-corrected chi connectivity index (χ0v) is 14.2. The van der Waals surface area contributed by atoms with Crippen molar-refractivity contribution in [3.05, 3.63) is 35.9 Å². The summed E-state index contributed by atoms with van der Waals surface area (Å²) in [4.78, 5) is 25.6. The molecule has 0 aromatic heterocycles. The number of hydrogen-bond acceptors (Lipinski definition) is 5. The molecule has 6 heteroatoms. The van der Waals surface area contributed by atoms with Crippen molar-refractivity contribution in [3.8, 4) is 5.75 Å². The van der Waals surface area contributed by atoms with Gasteiger partial charge in [-0.3, -0.25) is 4.79 Å². The summed E-state index contributed by atoms with van der Waals surface area (Å²) in [6.45, 7) is 4.58. The molecule has 0 radical (unpaired) electrons. The molecule has 0 bridgehead atoms. The summed E-state index contributed by atoms with van der Waals surface area (Å²) in [5.41, 5.74) is 0.763. The number of esters is 1. The Hall–Kier alpha value is -2.34. The maximum absolute atomic E-state index is 12.1. The van der Waals surface area contributed by atoms with Gasteiger partial charge in [0.2, 0.25) is 0 Å². The molecule has 1 aromatic carbocycles. The van der Waals surface area contributed by atoms with Crippen molar-refractivity contribution in [3.63, 3.8) is 0 Å². The van der Waals surface area contributed by atoms with Gasteiger partial charge in [-0.05, 0) is 26.0 Å². The number of rotatable bonds is 5. The average molecular weight is 333 g/mol. The Morgan fingerprint density at radius 1 is 1.25 bits per heavy atom. The van der Waals surface area contributed by atoms with Gasteiger partial charge >= 0.3 is 5.97 Å². The normalized spacial score (nSPS) is 20.9. The molecule has 0 spiro atoms. The molecule has 1 aromatic rings. The second-order valence-electron chi connectivity index (χ2n) is 5.74. The monoisotopic (exact) mass is 333 g/mol. The third kappa shape index (κ3) is 5.09. The van der Waals surface area contributed by atoms with Crippen LogP contribution in [0.15, 0.2) is 30.3 Å². The van der Waals surface area contributed by atoms with Gasteiger partial charge in [0.15, 0.2) is 6.61 Å². The van der Waals surface area contributed by atoms with Gasteiger partial charge in [0.25, 0.3) is 5.91 Å². The summed E-state index contributed by atoms with van der Waals surface area (Å²) in [6.07, 6.45) is 2.86. The molecule has 0 saturated carbocycles. The first kappa shape index (κ1) is 18.0. The molecule has 1 heterocycles. The fraction of sp³-hybridized carbons (Fsp3) is 0.444. The van der Waals surface area contributed by atoms with Crippen LogP contribution in [0.25, 0.3) is 6.08 Å². The maximum atomic E-state index is 12.1. The second-order valence-corrected chi connectivity index (χ2v) is 5.74. The van der Waals surface area contributed by atoms with E-state index in [-0.39, 0.29) is 24.7 Å². The van der Waals surface area contributed by atoms with Crippen molar-refractivity contribution < 1.29 is 23.8 Å². The summed E-state index contributed by atoms with van der Waals surface area (Å²) >= 11 is 0. The van der Waals surface area contributed by atoms with Gasteiger partial charge in [0.1, 0.15) is 5.75 Å². The fourth-order valence-electron chi connectivity index (χ4n) is 2.62. The molecular formula is C18H23NO5. The van der Waals surface area contributed by atoms with Crippen molar-refractivity contribution in [1.82, 2.24) is 4.90 Å². The average Bonchev–Trinajstić information content (AvgIpc) is 2.57. The molecule has 1 fully saturated rings. The van der Waals surface area contributed by atoms with E-state index < -0.39 is 5.97 Å². The number of morpholine rings is 1. The highest BCUT2D eigenvalue weighted by Gasteiger charge is 2.26. The smallest absolute Gasteiger partial charge is 0.331 e. The van der Waals surface area contributed by atoms with Gasteiger partial charge in [-0.1, -0.05) is 18.2 Å². The summed E-state index contributed by atoms with van der Waals surface area (Å²) < 4.78 is 15.8. The van der Waals surface area contributed by atoms with E-state index in [0.717, 1.165) is 5.56 Å². The van der Waals surface area contributed by atoms with Crippen LogP contribution in [0.1, 0.15) is 19.4 Å². The molecule has 1 aliphatic rings. The van der Waals surface area contributed by atoms with E-state index in [4.69, 9.17) is 14.2 Å². The van der Waals surface area contributed by atoms with E-state index in [9.17, 15) is 9.59 Å². The topological polar surface area (TPSA) is 65.1 Å². The highest BCUT2D eigenvalue weighted by atomic mass is 16.5. The Balaban J connectivity index is 1.84. The zero-order chi connectivity index (χ0) is 17.5. The number of methoxy groups -OCH3 is 1. The largest absolute Gasteiger partial charge is 0.496 e. The Morgan fingerprint density at radius 2 is 1.92 bits per heavy atom. The van der Waals surface area contributed by atoms with Crippen molar-refractivity contribution in [2.75, 3.05) is 26.8 Å². The lowest BCUT2D eigenvalue weighted by Gasteiger charge is -2.35. The minimum absolute atomic E-state index is 0.0150. The lowest BCUT2D eigenvalue weighted by molar-refractivity contribution is -0.154. The Kier molecular flexibility index (Phi) is 6.37. The van der Waals surface area contributed by atoms with E-state index in [1.165, 1.54) is 6.08 Å². The van der Waals surface area contributed by atoms with E-state index >= 15 is 0 Å². The molecule has 0 unspecified atom stereocenters. The fourth-order valence-corrected chi connectivity index (χ4v) is 2.62. The molecule has 1 amide bonds. The van der Waals surface area contributed by atoms with Crippen LogP contribution in [0.2, 0.25) is 0 Å². The predicted octanol–water partition coefficient (Wildman–Crippen LogP) is 1.89. The Morgan fingerprint density at radius 3 is 2.58 bits per heavy atom. The molecule has 0 N–H and O–H groups in total. The highest BCUT2D eigenvalue weighted by Crippen LogP contribution is 2.18. The quantitative estimate of drug-likeness (QED) is 0.608. The minimum atomic E-state index is -0.566. The van der Waals surface area contributed by atoms with E-state index in [0.29, 0.717) is 18.8 Å². The van der Waals surface area contributed by atoms with Crippen LogP contribution < -0.4 is 4.74 Å². The van der Waals surface area contributed by atoms with Crippen molar-refractivity contribution in [2.24, 2.45) is 0 Å². The van der Waals surface area contributed by atoms with Crippen LogP contribution in [0.5, 0.6) is 5.75 Å². The van der Waals surface area contributed by atoms with Crippen LogP contribution in [0.4, 0.5) is 0 Å². The third-order valence-corrected chi connectivity index (χ3v) is 3.65. The molecule has 130 valence electrons. The summed E-state index contributed by atoms with van der Waals surface area (Å²) in [5, 5.41) is 0. The van der Waals surface area contributed by atoms with Crippen LogP contribution >= 0.6 is 0 Å². The number of carbonyl (C=O) groups excluding carboxylic acids is 2. The van der Waals surface area contributed by atoms with E-state index in [1.54, 1.807) is 24.2 Å². The number of amides is 1. The first-order valence-electron chi connectivity index (χ1n) is 7.90.